The number of hydrogen-bond donors (Lipinski definition) is 2. The molecule has 0 atom stereocenters. The Kier molecular flexibility index (Phi) is 8.28. The number of aliphatic imine (C=N–C) groups is 1. The van der Waals surface area contributed by atoms with Crippen LogP contribution in [0.3, 0.4) is 0 Å². The van der Waals surface area contributed by atoms with Gasteiger partial charge in [0.25, 0.3) is 0 Å². The molecule has 0 saturated carbocycles. The van der Waals surface area contributed by atoms with Crippen LogP contribution >= 0.6 is 35.3 Å². The summed E-state index contributed by atoms with van der Waals surface area (Å²) in [6.45, 7) is 7.30. The monoisotopic (exact) mass is 351 g/mol. The molecule has 0 fully saturated rings. The van der Waals surface area contributed by atoms with Crippen molar-refractivity contribution in [2.45, 2.75) is 13.5 Å². The van der Waals surface area contributed by atoms with Gasteiger partial charge >= 0.3 is 0 Å². The molecule has 2 N–H and O–H groups in total. The Bertz CT molecular complexity index is 347. The first-order valence-electron chi connectivity index (χ1n) is 4.87. The van der Waals surface area contributed by atoms with Gasteiger partial charge in [0.2, 0.25) is 0 Å². The Balaban J connectivity index is 0.00000225. The van der Waals surface area contributed by atoms with Crippen LogP contribution in [-0.2, 0) is 6.54 Å². The summed E-state index contributed by atoms with van der Waals surface area (Å²) in [5, 5.41) is 6.36. The molecule has 1 heterocycles. The minimum Gasteiger partial charge on any atom is -0.353 e. The van der Waals surface area contributed by atoms with Crippen molar-refractivity contribution in [2.24, 2.45) is 4.99 Å². The second-order valence-corrected chi connectivity index (χ2v) is 4.48. The van der Waals surface area contributed by atoms with Gasteiger partial charge in [-0.2, -0.15) is 0 Å². The molecule has 0 unspecified atom stereocenters. The number of aryl methyl sites for hydroxylation is 1. The number of nitrogens with one attached hydrogen (secondary N) is 2. The van der Waals surface area contributed by atoms with Crippen molar-refractivity contribution < 1.29 is 0 Å². The zero-order valence-electron chi connectivity index (χ0n) is 9.62. The molecule has 0 aromatic carbocycles. The SMILES string of the molecule is C=CCNC(=NC)NCc1ccc(C)s1.I. The fourth-order valence-corrected chi connectivity index (χ4v) is 1.97. The van der Waals surface area contributed by atoms with Crippen molar-refractivity contribution >= 4 is 41.3 Å². The zero-order valence-corrected chi connectivity index (χ0v) is 12.8. The summed E-state index contributed by atoms with van der Waals surface area (Å²) in [4.78, 5) is 6.75. The van der Waals surface area contributed by atoms with Crippen molar-refractivity contribution in [3.8, 4) is 0 Å². The maximum absolute atomic E-state index is 4.10. The molecule has 0 aliphatic heterocycles. The molecule has 0 bridgehead atoms. The van der Waals surface area contributed by atoms with E-state index in [4.69, 9.17) is 0 Å². The van der Waals surface area contributed by atoms with Gasteiger partial charge in [0.05, 0.1) is 6.54 Å². The highest BCUT2D eigenvalue weighted by Crippen LogP contribution is 2.14. The highest BCUT2D eigenvalue weighted by molar-refractivity contribution is 14.0. The molecule has 1 rings (SSSR count). The molecule has 5 heteroatoms. The van der Waals surface area contributed by atoms with E-state index in [0.29, 0.717) is 0 Å². The largest absolute Gasteiger partial charge is 0.353 e. The first-order valence-corrected chi connectivity index (χ1v) is 5.68. The molecule has 0 saturated heterocycles. The van der Waals surface area contributed by atoms with Gasteiger partial charge in [-0.15, -0.1) is 41.9 Å². The van der Waals surface area contributed by atoms with Crippen molar-refractivity contribution in [3.63, 3.8) is 0 Å². The lowest BCUT2D eigenvalue weighted by atomic mass is 10.4. The molecule has 0 aliphatic carbocycles. The van der Waals surface area contributed by atoms with Gasteiger partial charge in [0, 0.05) is 23.3 Å². The lowest BCUT2D eigenvalue weighted by Gasteiger charge is -2.08. The highest BCUT2D eigenvalue weighted by Gasteiger charge is 1.98. The van der Waals surface area contributed by atoms with E-state index in [2.05, 4.69) is 41.3 Å². The summed E-state index contributed by atoms with van der Waals surface area (Å²) in [7, 11) is 1.76. The number of halogens is 1. The number of hydrogen-bond acceptors (Lipinski definition) is 2. The van der Waals surface area contributed by atoms with Gasteiger partial charge in [-0.05, 0) is 19.1 Å². The minimum atomic E-state index is 0. The third-order valence-electron chi connectivity index (χ3n) is 1.86. The molecule has 3 nitrogen and oxygen atoms in total. The Morgan fingerprint density at radius 1 is 1.50 bits per heavy atom. The van der Waals surface area contributed by atoms with Crippen molar-refractivity contribution in [3.05, 3.63) is 34.5 Å². The van der Waals surface area contributed by atoms with Gasteiger partial charge in [-0.25, -0.2) is 0 Å². The molecular formula is C11H18IN3S. The first kappa shape index (κ1) is 15.4. The molecule has 0 amide bonds. The lowest BCUT2D eigenvalue weighted by molar-refractivity contribution is 0.858. The topological polar surface area (TPSA) is 36.4 Å². The maximum Gasteiger partial charge on any atom is 0.191 e. The molecular weight excluding hydrogens is 333 g/mol. The van der Waals surface area contributed by atoms with E-state index >= 15 is 0 Å². The molecule has 1 aromatic rings. The number of guanidine groups is 1. The van der Waals surface area contributed by atoms with E-state index in [1.165, 1.54) is 9.75 Å². The van der Waals surface area contributed by atoms with Gasteiger partial charge in [-0.3, -0.25) is 4.99 Å². The Morgan fingerprint density at radius 2 is 2.25 bits per heavy atom. The Morgan fingerprint density at radius 3 is 2.75 bits per heavy atom. The van der Waals surface area contributed by atoms with Crippen LogP contribution in [0.15, 0.2) is 29.8 Å². The molecule has 1 aromatic heterocycles. The molecule has 0 spiro atoms. The highest BCUT2D eigenvalue weighted by atomic mass is 127. The van der Waals surface area contributed by atoms with Gasteiger partial charge in [-0.1, -0.05) is 6.08 Å². The van der Waals surface area contributed by atoms with E-state index < -0.39 is 0 Å². The summed E-state index contributed by atoms with van der Waals surface area (Å²) in [5.74, 6) is 0.806. The van der Waals surface area contributed by atoms with Crippen LogP contribution in [-0.4, -0.2) is 19.6 Å². The maximum atomic E-state index is 4.10. The van der Waals surface area contributed by atoms with Crippen molar-refractivity contribution in [1.29, 1.82) is 0 Å². The van der Waals surface area contributed by atoms with E-state index in [9.17, 15) is 0 Å². The minimum absolute atomic E-state index is 0. The molecule has 0 aliphatic rings. The average molecular weight is 351 g/mol. The summed E-state index contributed by atoms with van der Waals surface area (Å²) < 4.78 is 0. The van der Waals surface area contributed by atoms with Gasteiger partial charge < -0.3 is 10.6 Å². The van der Waals surface area contributed by atoms with E-state index in [-0.39, 0.29) is 24.0 Å². The molecule has 90 valence electrons. The number of nitrogens with zero attached hydrogens (tertiary/aromatic N) is 1. The summed E-state index contributed by atoms with van der Waals surface area (Å²) >= 11 is 1.80. The predicted molar refractivity (Wildman–Crippen MR) is 82.9 cm³/mol. The second-order valence-electron chi connectivity index (χ2n) is 3.11. The van der Waals surface area contributed by atoms with Crippen LogP contribution in [0.1, 0.15) is 9.75 Å². The first-order chi connectivity index (χ1) is 7.26. The van der Waals surface area contributed by atoms with Crippen molar-refractivity contribution in [2.75, 3.05) is 13.6 Å². The van der Waals surface area contributed by atoms with E-state index in [1.54, 1.807) is 18.4 Å². The van der Waals surface area contributed by atoms with Crippen molar-refractivity contribution in [1.82, 2.24) is 10.6 Å². The van der Waals surface area contributed by atoms with Gasteiger partial charge in [0.15, 0.2) is 5.96 Å². The number of rotatable bonds is 4. The summed E-state index contributed by atoms with van der Waals surface area (Å²) in [6, 6.07) is 4.26. The predicted octanol–water partition coefficient (Wildman–Crippen LogP) is 2.53. The summed E-state index contributed by atoms with van der Waals surface area (Å²) in [5.41, 5.74) is 0. The Hall–Kier alpha value is -0.560. The normalized spacial score (nSPS) is 10.5. The second kappa shape index (κ2) is 8.58. The van der Waals surface area contributed by atoms with Gasteiger partial charge in [0.1, 0.15) is 0 Å². The fourth-order valence-electron chi connectivity index (χ4n) is 1.14. The number of thiophene rings is 1. The lowest BCUT2D eigenvalue weighted by Crippen LogP contribution is -2.36. The quantitative estimate of drug-likeness (QED) is 0.379. The van der Waals surface area contributed by atoms with Crippen LogP contribution < -0.4 is 10.6 Å². The molecule has 0 radical (unpaired) electrons. The van der Waals surface area contributed by atoms with E-state index in [1.807, 2.05) is 6.08 Å². The van der Waals surface area contributed by atoms with Crippen LogP contribution in [0.25, 0.3) is 0 Å². The fraction of sp³-hybridized carbons (Fsp3) is 0.364. The smallest absolute Gasteiger partial charge is 0.191 e. The zero-order chi connectivity index (χ0) is 11.1. The third-order valence-corrected chi connectivity index (χ3v) is 2.86. The van der Waals surface area contributed by atoms with Crippen LogP contribution in [0.4, 0.5) is 0 Å². The molecule has 16 heavy (non-hydrogen) atoms. The van der Waals surface area contributed by atoms with E-state index in [0.717, 1.165) is 19.0 Å². The third kappa shape index (κ3) is 5.50. The van der Waals surface area contributed by atoms with Crippen LogP contribution in [0.5, 0.6) is 0 Å². The van der Waals surface area contributed by atoms with Crippen LogP contribution in [0.2, 0.25) is 0 Å². The summed E-state index contributed by atoms with van der Waals surface area (Å²) in [6.07, 6.45) is 1.81. The standard InChI is InChI=1S/C11H17N3S.HI/c1-4-7-13-11(12-3)14-8-10-6-5-9(2)15-10;/h4-6H,1,7-8H2,2-3H3,(H2,12,13,14);1H. The van der Waals surface area contributed by atoms with Crippen LogP contribution in [0, 0.1) is 6.92 Å². The Labute approximate surface area is 118 Å². The average Bonchev–Trinajstić information content (AvgIpc) is 2.65.